The van der Waals surface area contributed by atoms with Crippen LogP contribution in [0.15, 0.2) is 48.5 Å². The molecule has 0 aliphatic heterocycles. The zero-order chi connectivity index (χ0) is 20.2. The molecule has 4 nitrogen and oxygen atoms in total. The lowest BCUT2D eigenvalue weighted by Crippen LogP contribution is -2.34. The Morgan fingerprint density at radius 1 is 0.852 bits per heavy atom. The van der Waals surface area contributed by atoms with Crippen molar-refractivity contribution in [3.05, 3.63) is 65.2 Å². The number of ether oxygens (including phenoxy) is 1. The van der Waals surface area contributed by atoms with Gasteiger partial charge in [0.1, 0.15) is 5.75 Å². The second kappa shape index (κ2) is 7.68. The summed E-state index contributed by atoms with van der Waals surface area (Å²) in [6, 6.07) is 8.13. The number of nitrogens with one attached hydrogen (secondary N) is 1. The van der Waals surface area contributed by atoms with Gasteiger partial charge in [-0.15, -0.1) is 0 Å². The summed E-state index contributed by atoms with van der Waals surface area (Å²) in [5.74, 6) is -2.63. The number of carbonyl (C=O) groups excluding carboxylic acids is 2. The lowest BCUT2D eigenvalue weighted by molar-refractivity contribution is -0.143. The first-order valence-corrected chi connectivity index (χ1v) is 7.28. The van der Waals surface area contributed by atoms with E-state index in [9.17, 15) is 35.9 Å². The quantitative estimate of drug-likeness (QED) is 0.800. The zero-order valence-electron chi connectivity index (χ0n) is 13.3. The largest absolute Gasteiger partial charge is 0.484 e. The molecule has 0 saturated carbocycles. The van der Waals surface area contributed by atoms with Gasteiger partial charge in [-0.05, 0) is 30.3 Å². The van der Waals surface area contributed by atoms with Gasteiger partial charge in [0, 0.05) is 5.56 Å². The van der Waals surface area contributed by atoms with Gasteiger partial charge in [-0.3, -0.25) is 14.9 Å². The Hall–Kier alpha value is -3.04. The summed E-state index contributed by atoms with van der Waals surface area (Å²) in [6.45, 7) is -0.947. The molecule has 0 atom stereocenters. The lowest BCUT2D eigenvalue weighted by Gasteiger charge is -2.14. The van der Waals surface area contributed by atoms with E-state index >= 15 is 0 Å². The minimum atomic E-state index is -5.04. The molecular formula is C17H11F6NO3. The van der Waals surface area contributed by atoms with Crippen molar-refractivity contribution in [3.8, 4) is 5.75 Å². The first-order chi connectivity index (χ1) is 12.5. The Bertz CT molecular complexity index is 799. The standard InChI is InChI=1S/C17H11F6NO3/c18-16(19,20)11-6-12(17(21,22)23)8-13(7-11)27-9-14(25)24-15(26)10-4-2-1-3-5-10/h1-8H,9H2,(H,24,25,26). The number of rotatable bonds is 4. The number of hydrogen-bond donors (Lipinski definition) is 1. The zero-order valence-corrected chi connectivity index (χ0v) is 13.3. The van der Waals surface area contributed by atoms with E-state index in [0.29, 0.717) is 12.1 Å². The van der Waals surface area contributed by atoms with E-state index in [1.54, 1.807) is 6.07 Å². The fourth-order valence-corrected chi connectivity index (χ4v) is 1.98. The molecule has 1 N–H and O–H groups in total. The van der Waals surface area contributed by atoms with Crippen molar-refractivity contribution in [2.75, 3.05) is 6.61 Å². The molecule has 0 radical (unpaired) electrons. The Morgan fingerprint density at radius 3 is 1.85 bits per heavy atom. The van der Waals surface area contributed by atoms with Crippen molar-refractivity contribution in [1.82, 2.24) is 5.32 Å². The Kier molecular flexibility index (Phi) is 5.77. The minimum absolute atomic E-state index is 0.0636. The van der Waals surface area contributed by atoms with Gasteiger partial charge in [-0.2, -0.15) is 26.3 Å². The van der Waals surface area contributed by atoms with Crippen molar-refractivity contribution in [1.29, 1.82) is 0 Å². The maximum absolute atomic E-state index is 12.7. The third-order valence-electron chi connectivity index (χ3n) is 3.22. The summed E-state index contributed by atoms with van der Waals surface area (Å²) in [5.41, 5.74) is -3.01. The molecule has 0 spiro atoms. The van der Waals surface area contributed by atoms with Crippen LogP contribution in [0.3, 0.4) is 0 Å². The van der Waals surface area contributed by atoms with E-state index in [0.717, 1.165) is 0 Å². The number of imide groups is 1. The fraction of sp³-hybridized carbons (Fsp3) is 0.176. The normalized spacial score (nSPS) is 11.8. The first kappa shape index (κ1) is 20.3. The third-order valence-corrected chi connectivity index (χ3v) is 3.22. The van der Waals surface area contributed by atoms with Crippen LogP contribution in [0.4, 0.5) is 26.3 Å². The average molecular weight is 391 g/mol. The van der Waals surface area contributed by atoms with Gasteiger partial charge in [-0.25, -0.2) is 0 Å². The van der Waals surface area contributed by atoms with Crippen LogP contribution in [-0.4, -0.2) is 18.4 Å². The van der Waals surface area contributed by atoms with Crippen LogP contribution in [0.5, 0.6) is 5.75 Å². The van der Waals surface area contributed by atoms with Crippen LogP contribution in [0.2, 0.25) is 0 Å². The van der Waals surface area contributed by atoms with Crippen LogP contribution in [0.25, 0.3) is 0 Å². The molecule has 0 bridgehead atoms. The maximum atomic E-state index is 12.7. The number of amides is 2. The number of alkyl halides is 6. The van der Waals surface area contributed by atoms with Gasteiger partial charge >= 0.3 is 12.4 Å². The third kappa shape index (κ3) is 5.73. The molecule has 0 unspecified atom stereocenters. The molecule has 2 rings (SSSR count). The summed E-state index contributed by atoms with van der Waals surface area (Å²) < 4.78 is 81.2. The summed E-state index contributed by atoms with van der Waals surface area (Å²) in [5, 5.41) is 1.91. The highest BCUT2D eigenvalue weighted by Crippen LogP contribution is 2.38. The summed E-state index contributed by atoms with van der Waals surface area (Å²) >= 11 is 0. The summed E-state index contributed by atoms with van der Waals surface area (Å²) in [7, 11) is 0. The molecule has 0 heterocycles. The lowest BCUT2D eigenvalue weighted by atomic mass is 10.1. The predicted molar refractivity (Wildman–Crippen MR) is 80.9 cm³/mol. The number of benzene rings is 2. The van der Waals surface area contributed by atoms with Gasteiger partial charge in [0.05, 0.1) is 11.1 Å². The molecule has 0 aliphatic rings. The molecule has 10 heteroatoms. The van der Waals surface area contributed by atoms with Gasteiger partial charge in [0.25, 0.3) is 11.8 Å². The smallest absolute Gasteiger partial charge is 0.416 e. The number of hydrogen-bond acceptors (Lipinski definition) is 3. The Labute approximate surface area is 148 Å². The summed E-state index contributed by atoms with van der Waals surface area (Å²) in [4.78, 5) is 23.4. The Morgan fingerprint density at radius 2 is 1.37 bits per heavy atom. The topological polar surface area (TPSA) is 55.4 Å². The van der Waals surface area contributed by atoms with Gasteiger partial charge in [-0.1, -0.05) is 18.2 Å². The van der Waals surface area contributed by atoms with Crippen molar-refractivity contribution in [3.63, 3.8) is 0 Å². The van der Waals surface area contributed by atoms with E-state index in [1.165, 1.54) is 24.3 Å². The molecule has 27 heavy (non-hydrogen) atoms. The van der Waals surface area contributed by atoms with Crippen molar-refractivity contribution in [2.24, 2.45) is 0 Å². The average Bonchev–Trinajstić information content (AvgIpc) is 2.59. The SMILES string of the molecule is O=C(COc1cc(C(F)(F)F)cc(C(F)(F)F)c1)NC(=O)c1ccccc1. The van der Waals surface area contributed by atoms with Gasteiger partial charge in [0.15, 0.2) is 6.61 Å². The second-order valence-electron chi connectivity index (χ2n) is 5.27. The van der Waals surface area contributed by atoms with Crippen LogP contribution < -0.4 is 10.1 Å². The first-order valence-electron chi connectivity index (χ1n) is 7.28. The molecule has 0 fully saturated rings. The molecule has 144 valence electrons. The molecule has 2 aromatic carbocycles. The molecule has 2 amide bonds. The van der Waals surface area contributed by atoms with Crippen molar-refractivity contribution >= 4 is 11.8 Å². The molecule has 0 saturated heterocycles. The maximum Gasteiger partial charge on any atom is 0.416 e. The highest BCUT2D eigenvalue weighted by molar-refractivity contribution is 6.05. The van der Waals surface area contributed by atoms with Gasteiger partial charge in [0.2, 0.25) is 0 Å². The van der Waals surface area contributed by atoms with E-state index in [2.05, 4.69) is 0 Å². The van der Waals surface area contributed by atoms with Gasteiger partial charge < -0.3 is 4.74 Å². The number of carbonyl (C=O) groups is 2. The highest BCUT2D eigenvalue weighted by atomic mass is 19.4. The monoisotopic (exact) mass is 391 g/mol. The van der Waals surface area contributed by atoms with E-state index in [-0.39, 0.29) is 11.6 Å². The van der Waals surface area contributed by atoms with E-state index < -0.39 is 47.7 Å². The van der Waals surface area contributed by atoms with Crippen LogP contribution in [0.1, 0.15) is 21.5 Å². The van der Waals surface area contributed by atoms with Crippen LogP contribution in [-0.2, 0) is 17.1 Å². The van der Waals surface area contributed by atoms with Crippen LogP contribution >= 0.6 is 0 Å². The summed E-state index contributed by atoms with van der Waals surface area (Å²) in [6.07, 6.45) is -10.1. The second-order valence-corrected chi connectivity index (χ2v) is 5.27. The van der Waals surface area contributed by atoms with E-state index in [4.69, 9.17) is 4.74 Å². The fourth-order valence-electron chi connectivity index (χ4n) is 1.98. The van der Waals surface area contributed by atoms with Crippen molar-refractivity contribution in [2.45, 2.75) is 12.4 Å². The van der Waals surface area contributed by atoms with Crippen LogP contribution in [0, 0.1) is 0 Å². The molecular weight excluding hydrogens is 380 g/mol. The van der Waals surface area contributed by atoms with Crippen molar-refractivity contribution < 1.29 is 40.7 Å². The number of halogens is 6. The molecule has 2 aromatic rings. The predicted octanol–water partition coefficient (Wildman–Crippen LogP) is 4.06. The molecule has 0 aliphatic carbocycles. The van der Waals surface area contributed by atoms with E-state index in [1.807, 2.05) is 5.32 Å². The molecule has 0 aromatic heterocycles. The highest BCUT2D eigenvalue weighted by Gasteiger charge is 2.37. The Balaban J connectivity index is 2.10. The minimum Gasteiger partial charge on any atom is -0.484 e.